The Kier molecular flexibility index (Phi) is 4.54. The topological polar surface area (TPSA) is 86.7 Å². The summed E-state index contributed by atoms with van der Waals surface area (Å²) in [4.78, 5) is 37.1. The first kappa shape index (κ1) is 15.8. The zero-order chi connectivity index (χ0) is 15.7. The van der Waals surface area contributed by atoms with Crippen molar-refractivity contribution in [2.45, 2.75) is 52.1 Å². The summed E-state index contributed by atoms with van der Waals surface area (Å²) in [5.41, 5.74) is 0. The van der Waals surface area contributed by atoms with Crippen LogP contribution in [0.5, 0.6) is 0 Å². The van der Waals surface area contributed by atoms with Crippen LogP contribution >= 0.6 is 0 Å². The molecule has 0 aromatic heterocycles. The molecule has 2 rings (SSSR count). The van der Waals surface area contributed by atoms with Crippen LogP contribution in [0.25, 0.3) is 0 Å². The number of aliphatic carboxylic acids is 1. The summed E-state index contributed by atoms with van der Waals surface area (Å²) in [7, 11) is 0. The summed E-state index contributed by atoms with van der Waals surface area (Å²) in [5, 5.41) is 12.2. The number of carboxylic acid groups (broad SMARTS) is 1. The highest BCUT2D eigenvalue weighted by Gasteiger charge is 2.50. The second-order valence-corrected chi connectivity index (χ2v) is 6.55. The lowest BCUT2D eigenvalue weighted by Crippen LogP contribution is -2.54. The fourth-order valence-electron chi connectivity index (χ4n) is 3.76. The fraction of sp³-hybridized carbons (Fsp3) is 0.800. The van der Waals surface area contributed by atoms with Gasteiger partial charge in [0.2, 0.25) is 11.8 Å². The van der Waals surface area contributed by atoms with Crippen LogP contribution < -0.4 is 5.32 Å². The molecule has 1 saturated carbocycles. The standard InChI is InChI=1S/C15H24N2O4/c1-8(2)12(16-9(3)18)14(19)17-7-10-5-4-6-11(10)13(17)15(20)21/h8,10-13H,4-7H2,1-3H3,(H,16,18)(H,20,21). The second-order valence-electron chi connectivity index (χ2n) is 6.55. The van der Waals surface area contributed by atoms with Gasteiger partial charge in [0, 0.05) is 13.5 Å². The number of likely N-dealkylation sites (tertiary alicyclic amines) is 1. The van der Waals surface area contributed by atoms with Gasteiger partial charge in [-0.3, -0.25) is 9.59 Å². The first-order valence-electron chi connectivity index (χ1n) is 7.63. The van der Waals surface area contributed by atoms with E-state index in [2.05, 4.69) is 5.32 Å². The molecule has 1 aliphatic carbocycles. The van der Waals surface area contributed by atoms with E-state index in [1.807, 2.05) is 13.8 Å². The van der Waals surface area contributed by atoms with E-state index in [0.29, 0.717) is 12.5 Å². The number of amides is 2. The van der Waals surface area contributed by atoms with Crippen LogP contribution in [0.3, 0.4) is 0 Å². The highest BCUT2D eigenvalue weighted by molar-refractivity contribution is 5.90. The Morgan fingerprint density at radius 2 is 1.90 bits per heavy atom. The molecule has 4 unspecified atom stereocenters. The summed E-state index contributed by atoms with van der Waals surface area (Å²) >= 11 is 0. The zero-order valence-corrected chi connectivity index (χ0v) is 12.8. The molecule has 2 aliphatic rings. The van der Waals surface area contributed by atoms with Crippen LogP contribution in [-0.2, 0) is 14.4 Å². The van der Waals surface area contributed by atoms with Gasteiger partial charge in [-0.2, -0.15) is 0 Å². The molecule has 118 valence electrons. The highest BCUT2D eigenvalue weighted by Crippen LogP contribution is 2.42. The Morgan fingerprint density at radius 3 is 2.43 bits per heavy atom. The van der Waals surface area contributed by atoms with Crippen LogP contribution in [0.1, 0.15) is 40.0 Å². The van der Waals surface area contributed by atoms with E-state index < -0.39 is 18.1 Å². The third-order valence-corrected chi connectivity index (χ3v) is 4.72. The minimum atomic E-state index is -0.928. The van der Waals surface area contributed by atoms with Crippen molar-refractivity contribution in [3.05, 3.63) is 0 Å². The van der Waals surface area contributed by atoms with Gasteiger partial charge in [0.15, 0.2) is 0 Å². The maximum absolute atomic E-state index is 12.7. The Hall–Kier alpha value is -1.59. The van der Waals surface area contributed by atoms with Gasteiger partial charge in [0.1, 0.15) is 12.1 Å². The smallest absolute Gasteiger partial charge is 0.326 e. The van der Waals surface area contributed by atoms with Gasteiger partial charge in [0.05, 0.1) is 0 Å². The van der Waals surface area contributed by atoms with Crippen molar-refractivity contribution in [1.29, 1.82) is 0 Å². The summed E-state index contributed by atoms with van der Waals surface area (Å²) in [6.07, 6.45) is 2.91. The molecule has 1 saturated heterocycles. The van der Waals surface area contributed by atoms with Gasteiger partial charge in [-0.05, 0) is 30.6 Å². The van der Waals surface area contributed by atoms with Crippen LogP contribution in [0.15, 0.2) is 0 Å². The van der Waals surface area contributed by atoms with Crippen molar-refractivity contribution in [1.82, 2.24) is 10.2 Å². The van der Waals surface area contributed by atoms with E-state index in [-0.39, 0.29) is 23.7 Å². The molecule has 1 heterocycles. The number of nitrogens with one attached hydrogen (secondary N) is 1. The van der Waals surface area contributed by atoms with E-state index in [9.17, 15) is 19.5 Å². The Bertz CT molecular complexity index is 449. The van der Waals surface area contributed by atoms with E-state index in [1.165, 1.54) is 11.8 Å². The molecule has 6 nitrogen and oxygen atoms in total. The molecule has 0 spiro atoms. The summed E-state index contributed by atoms with van der Waals surface area (Å²) in [5.74, 6) is -1.17. The molecule has 21 heavy (non-hydrogen) atoms. The molecule has 0 aromatic carbocycles. The quantitative estimate of drug-likeness (QED) is 0.805. The lowest BCUT2D eigenvalue weighted by molar-refractivity contribution is -0.151. The van der Waals surface area contributed by atoms with Crippen molar-refractivity contribution < 1.29 is 19.5 Å². The third-order valence-electron chi connectivity index (χ3n) is 4.72. The summed E-state index contributed by atoms with van der Waals surface area (Å²) < 4.78 is 0. The van der Waals surface area contributed by atoms with E-state index in [0.717, 1.165) is 19.3 Å². The van der Waals surface area contributed by atoms with Gasteiger partial charge in [-0.25, -0.2) is 4.79 Å². The Balaban J connectivity index is 2.20. The molecule has 4 atom stereocenters. The predicted molar refractivity (Wildman–Crippen MR) is 76.4 cm³/mol. The molecule has 0 radical (unpaired) electrons. The van der Waals surface area contributed by atoms with Gasteiger partial charge in [-0.15, -0.1) is 0 Å². The third kappa shape index (κ3) is 3.04. The number of hydrogen-bond acceptors (Lipinski definition) is 3. The molecular formula is C15H24N2O4. The first-order valence-corrected chi connectivity index (χ1v) is 7.63. The molecular weight excluding hydrogens is 272 g/mol. The SMILES string of the molecule is CC(=O)NC(C(=O)N1CC2CCCC2C1C(=O)O)C(C)C. The Morgan fingerprint density at radius 1 is 1.24 bits per heavy atom. The van der Waals surface area contributed by atoms with Gasteiger partial charge in [-0.1, -0.05) is 20.3 Å². The van der Waals surface area contributed by atoms with Crippen molar-refractivity contribution >= 4 is 17.8 Å². The predicted octanol–water partition coefficient (Wildman–Crippen LogP) is 0.859. The second kappa shape index (κ2) is 6.03. The van der Waals surface area contributed by atoms with Crippen molar-refractivity contribution in [2.24, 2.45) is 17.8 Å². The van der Waals surface area contributed by atoms with Crippen LogP contribution in [0.2, 0.25) is 0 Å². The minimum Gasteiger partial charge on any atom is -0.480 e. The number of fused-ring (bicyclic) bond motifs is 1. The summed E-state index contributed by atoms with van der Waals surface area (Å²) in [6, 6.07) is -1.39. The zero-order valence-electron chi connectivity index (χ0n) is 12.8. The van der Waals surface area contributed by atoms with E-state index in [4.69, 9.17) is 0 Å². The van der Waals surface area contributed by atoms with Gasteiger partial charge in [0.25, 0.3) is 0 Å². The number of carbonyl (C=O) groups excluding carboxylic acids is 2. The van der Waals surface area contributed by atoms with Gasteiger partial charge >= 0.3 is 5.97 Å². The molecule has 0 bridgehead atoms. The average molecular weight is 296 g/mol. The number of carbonyl (C=O) groups is 3. The maximum atomic E-state index is 12.7. The Labute approximate surface area is 124 Å². The lowest BCUT2D eigenvalue weighted by atomic mass is 9.94. The van der Waals surface area contributed by atoms with Crippen LogP contribution in [0.4, 0.5) is 0 Å². The highest BCUT2D eigenvalue weighted by atomic mass is 16.4. The van der Waals surface area contributed by atoms with Crippen molar-refractivity contribution in [3.8, 4) is 0 Å². The largest absolute Gasteiger partial charge is 0.480 e. The molecule has 0 aromatic rings. The summed E-state index contributed by atoms with van der Waals surface area (Å²) in [6.45, 7) is 5.58. The normalized spacial score (nSPS) is 29.3. The number of hydrogen-bond donors (Lipinski definition) is 2. The monoisotopic (exact) mass is 296 g/mol. The minimum absolute atomic E-state index is 0.0663. The van der Waals surface area contributed by atoms with Crippen molar-refractivity contribution in [3.63, 3.8) is 0 Å². The number of nitrogens with zero attached hydrogens (tertiary/aromatic N) is 1. The lowest BCUT2D eigenvalue weighted by Gasteiger charge is -2.30. The first-order chi connectivity index (χ1) is 9.82. The molecule has 2 N–H and O–H groups in total. The molecule has 6 heteroatoms. The number of rotatable bonds is 4. The van der Waals surface area contributed by atoms with Crippen molar-refractivity contribution in [2.75, 3.05) is 6.54 Å². The van der Waals surface area contributed by atoms with Gasteiger partial charge < -0.3 is 15.3 Å². The maximum Gasteiger partial charge on any atom is 0.326 e. The number of carboxylic acids is 1. The van der Waals surface area contributed by atoms with Crippen LogP contribution in [-0.4, -0.2) is 46.4 Å². The average Bonchev–Trinajstić information content (AvgIpc) is 2.93. The fourth-order valence-corrected chi connectivity index (χ4v) is 3.76. The van der Waals surface area contributed by atoms with E-state index >= 15 is 0 Å². The molecule has 2 fully saturated rings. The molecule has 2 amide bonds. The molecule has 1 aliphatic heterocycles. The van der Waals surface area contributed by atoms with Crippen LogP contribution in [0, 0.1) is 17.8 Å². The van der Waals surface area contributed by atoms with E-state index in [1.54, 1.807) is 0 Å².